The van der Waals surface area contributed by atoms with Gasteiger partial charge in [-0.15, -0.1) is 0 Å². The maximum Gasteiger partial charge on any atom is 0.235 e. The molecule has 3 aromatic heterocycles. The molecule has 292 valence electrons. The van der Waals surface area contributed by atoms with E-state index in [1.165, 1.54) is 0 Å². The smallest absolute Gasteiger partial charge is 0.235 e. The molecule has 0 bridgehead atoms. The fraction of sp³-hybridized carbons (Fsp3) is 0.0179. The minimum Gasteiger partial charge on any atom is -0.333 e. The van der Waals surface area contributed by atoms with Gasteiger partial charge >= 0.3 is 0 Å². The van der Waals surface area contributed by atoms with Crippen LogP contribution in [0.5, 0.6) is 0 Å². The van der Waals surface area contributed by atoms with Gasteiger partial charge in [-0.05, 0) is 83.4 Å². The molecule has 0 saturated heterocycles. The summed E-state index contributed by atoms with van der Waals surface area (Å²) in [6, 6.07) is 71.2. The lowest BCUT2D eigenvalue weighted by Gasteiger charge is -2.26. The van der Waals surface area contributed by atoms with Crippen molar-refractivity contribution in [1.82, 2.24) is 19.1 Å². The minimum absolute atomic E-state index is 0.0617. The van der Waals surface area contributed by atoms with E-state index in [4.69, 9.17) is 9.97 Å². The molecule has 6 nitrogen and oxygen atoms in total. The van der Waals surface area contributed by atoms with Crippen LogP contribution in [0.4, 0.5) is 5.69 Å². The lowest BCUT2D eigenvalue weighted by Crippen LogP contribution is -2.27. The topological polar surface area (TPSA) is 56.0 Å². The predicted molar refractivity (Wildman–Crippen MR) is 254 cm³/mol. The Bertz CT molecular complexity index is 3550. The predicted octanol–water partition coefficient (Wildman–Crippen LogP) is 13.2. The van der Waals surface area contributed by atoms with E-state index in [0.29, 0.717) is 5.95 Å². The van der Waals surface area contributed by atoms with Gasteiger partial charge in [0.2, 0.25) is 5.95 Å². The molecule has 0 amide bonds. The van der Waals surface area contributed by atoms with Gasteiger partial charge in [-0.25, -0.2) is 9.97 Å². The van der Waals surface area contributed by atoms with E-state index in [-0.39, 0.29) is 12.3 Å². The zero-order chi connectivity index (χ0) is 41.1. The second kappa shape index (κ2) is 14.4. The number of rotatable bonds is 6. The first-order chi connectivity index (χ1) is 30.7. The second-order valence-corrected chi connectivity index (χ2v) is 15.7. The maximum atomic E-state index is 14.9. The molecule has 0 saturated carbocycles. The van der Waals surface area contributed by atoms with Crippen LogP contribution in [0.2, 0.25) is 0 Å². The third-order valence-electron chi connectivity index (χ3n) is 12.1. The van der Waals surface area contributed by atoms with Crippen LogP contribution in [0, 0.1) is 0 Å². The van der Waals surface area contributed by atoms with Crippen molar-refractivity contribution in [3.8, 4) is 34.0 Å². The van der Waals surface area contributed by atoms with Crippen molar-refractivity contribution in [3.05, 3.63) is 223 Å². The van der Waals surface area contributed by atoms with Gasteiger partial charge in [0.05, 0.1) is 51.3 Å². The molecule has 62 heavy (non-hydrogen) atoms. The summed E-state index contributed by atoms with van der Waals surface area (Å²) in [7, 11) is 0. The molecule has 4 heterocycles. The van der Waals surface area contributed by atoms with Crippen LogP contribution in [0.1, 0.15) is 21.6 Å². The average molecular weight is 796 g/mol. The van der Waals surface area contributed by atoms with Gasteiger partial charge in [0.25, 0.3) is 0 Å². The van der Waals surface area contributed by atoms with Gasteiger partial charge < -0.3 is 9.47 Å². The minimum atomic E-state index is 0.0617. The molecule has 0 N–H and O–H groups in total. The summed E-state index contributed by atoms with van der Waals surface area (Å²) in [6.45, 7) is 0.199. The van der Waals surface area contributed by atoms with Crippen LogP contribution in [-0.4, -0.2) is 31.4 Å². The Morgan fingerprint density at radius 3 is 1.68 bits per heavy atom. The largest absolute Gasteiger partial charge is 0.333 e. The van der Waals surface area contributed by atoms with Crippen LogP contribution >= 0.6 is 0 Å². The van der Waals surface area contributed by atoms with Crippen molar-refractivity contribution in [2.45, 2.75) is 0 Å². The number of benzene rings is 8. The number of para-hydroxylation sites is 4. The van der Waals surface area contributed by atoms with Gasteiger partial charge in [-0.3, -0.25) is 9.36 Å². The molecule has 8 aromatic carbocycles. The summed E-state index contributed by atoms with van der Waals surface area (Å²) in [5.41, 5.74) is 13.5. The zero-order valence-corrected chi connectivity index (χ0v) is 33.6. The highest BCUT2D eigenvalue weighted by molar-refractivity contribution is 6.18. The number of aromatic nitrogens is 4. The molecule has 6 heteroatoms. The van der Waals surface area contributed by atoms with Crippen molar-refractivity contribution in [2.24, 2.45) is 0 Å². The lowest BCUT2D eigenvalue weighted by molar-refractivity contribution is 0.100. The fourth-order valence-electron chi connectivity index (χ4n) is 9.33. The molecule has 0 aliphatic carbocycles. The highest BCUT2D eigenvalue weighted by Crippen LogP contribution is 2.41. The van der Waals surface area contributed by atoms with Crippen molar-refractivity contribution in [3.63, 3.8) is 0 Å². The number of hydrogen-bond acceptors (Lipinski definition) is 4. The van der Waals surface area contributed by atoms with Gasteiger partial charge in [-0.1, -0.05) is 146 Å². The molecule has 0 fully saturated rings. The number of Topliss-reactive ketones (excluding diaryl/α,β-unsaturated/α-hetero) is 1. The molecule has 11 aromatic rings. The third-order valence-corrected chi connectivity index (χ3v) is 12.1. The summed E-state index contributed by atoms with van der Waals surface area (Å²) in [6.07, 6.45) is 2.20. The maximum absolute atomic E-state index is 14.9. The third kappa shape index (κ3) is 5.76. The Balaban J connectivity index is 1.06. The van der Waals surface area contributed by atoms with Crippen LogP contribution in [0.25, 0.3) is 89.4 Å². The van der Waals surface area contributed by atoms with Gasteiger partial charge in [0.15, 0.2) is 5.78 Å². The summed E-state index contributed by atoms with van der Waals surface area (Å²) >= 11 is 0. The van der Waals surface area contributed by atoms with E-state index >= 15 is 0 Å². The number of carbonyl (C=O) groups is 1. The SMILES string of the molecule is O=C1CN(c2ccccc2)C(c2ccccc2)=Cc2c1c1cc(-c3ccc4c(c3)c3ccccc3n4-c3nc(-c4ccccc4)c4ccccc4n3)ccc1n2-c1ccccc1. The van der Waals surface area contributed by atoms with Crippen LogP contribution in [0.3, 0.4) is 0 Å². The number of fused-ring (bicyclic) bond motifs is 7. The first-order valence-electron chi connectivity index (χ1n) is 20.9. The Kier molecular flexibility index (Phi) is 8.28. The summed E-state index contributed by atoms with van der Waals surface area (Å²) in [5, 5.41) is 4.15. The summed E-state index contributed by atoms with van der Waals surface area (Å²) < 4.78 is 4.43. The van der Waals surface area contributed by atoms with E-state index in [1.807, 2.05) is 60.7 Å². The molecular formula is C56H37N5O. The van der Waals surface area contributed by atoms with Crippen molar-refractivity contribution >= 4 is 66.9 Å². The zero-order valence-electron chi connectivity index (χ0n) is 33.6. The Labute approximate surface area is 357 Å². The van der Waals surface area contributed by atoms with Crippen LogP contribution < -0.4 is 4.90 Å². The van der Waals surface area contributed by atoms with E-state index in [1.54, 1.807) is 0 Å². The number of ketones is 1. The lowest BCUT2D eigenvalue weighted by atomic mass is 9.99. The molecule has 12 rings (SSSR count). The fourth-order valence-corrected chi connectivity index (χ4v) is 9.33. The van der Waals surface area contributed by atoms with E-state index in [9.17, 15) is 4.79 Å². The highest BCUT2D eigenvalue weighted by atomic mass is 16.1. The summed E-state index contributed by atoms with van der Waals surface area (Å²) in [4.78, 5) is 27.5. The van der Waals surface area contributed by atoms with Crippen molar-refractivity contribution in [1.29, 1.82) is 0 Å². The van der Waals surface area contributed by atoms with Crippen LogP contribution in [-0.2, 0) is 0 Å². The molecule has 0 atom stereocenters. The standard InChI is InChI=1S/C56H37N5O/c62-53-36-59(41-21-9-3-10-22-41)51(37-17-5-1-6-18-37)35-52-54(53)46-34-40(30-32-50(46)60(52)42-23-11-4-12-24-42)39-29-31-49-45(33-39)43-25-14-16-28-48(43)61(49)56-57-47-27-15-13-26-44(47)55(58-56)38-19-7-2-8-20-38/h1-35H,36H2. The monoisotopic (exact) mass is 795 g/mol. The van der Waals surface area contributed by atoms with E-state index in [0.717, 1.165) is 99.9 Å². The Morgan fingerprint density at radius 1 is 0.419 bits per heavy atom. The molecule has 0 unspecified atom stereocenters. The van der Waals surface area contributed by atoms with Gasteiger partial charge in [-0.2, -0.15) is 0 Å². The number of anilines is 1. The number of hydrogen-bond donors (Lipinski definition) is 0. The number of nitrogens with zero attached hydrogens (tertiary/aromatic N) is 5. The van der Waals surface area contributed by atoms with Crippen molar-refractivity contribution < 1.29 is 4.79 Å². The molecule has 1 aliphatic heterocycles. The molecular weight excluding hydrogens is 759 g/mol. The van der Waals surface area contributed by atoms with Crippen molar-refractivity contribution in [2.75, 3.05) is 11.4 Å². The second-order valence-electron chi connectivity index (χ2n) is 15.7. The quantitative estimate of drug-likeness (QED) is 0.168. The first kappa shape index (κ1) is 35.6. The first-order valence-corrected chi connectivity index (χ1v) is 20.9. The number of carbonyl (C=O) groups excluding carboxylic acids is 1. The average Bonchev–Trinajstić information content (AvgIpc) is 3.79. The van der Waals surface area contributed by atoms with Gasteiger partial charge in [0.1, 0.15) is 0 Å². The molecule has 1 aliphatic rings. The molecule has 0 radical (unpaired) electrons. The highest BCUT2D eigenvalue weighted by Gasteiger charge is 2.30. The Morgan fingerprint density at radius 2 is 0.968 bits per heavy atom. The van der Waals surface area contributed by atoms with E-state index in [2.05, 4.69) is 166 Å². The normalized spacial score (nSPS) is 12.9. The molecule has 0 spiro atoms. The van der Waals surface area contributed by atoms with Gasteiger partial charge in [0, 0.05) is 38.5 Å². The van der Waals surface area contributed by atoms with E-state index < -0.39 is 0 Å². The Hall–Kier alpha value is -8.35. The summed E-state index contributed by atoms with van der Waals surface area (Å²) in [5.74, 6) is 0.686. The van der Waals surface area contributed by atoms with Crippen LogP contribution in [0.15, 0.2) is 206 Å².